The summed E-state index contributed by atoms with van der Waals surface area (Å²) in [5, 5.41) is 5.80. The first kappa shape index (κ1) is 21.4. The molecule has 1 atom stereocenters. The van der Waals surface area contributed by atoms with E-state index in [-0.39, 0.29) is 23.0 Å². The Kier molecular flexibility index (Phi) is 7.52. The van der Waals surface area contributed by atoms with Gasteiger partial charge >= 0.3 is 0 Å². The number of benzene rings is 2. The van der Waals surface area contributed by atoms with Gasteiger partial charge in [0.2, 0.25) is 5.91 Å². The second kappa shape index (κ2) is 9.85. The van der Waals surface area contributed by atoms with E-state index in [2.05, 4.69) is 10.6 Å². The van der Waals surface area contributed by atoms with Crippen molar-refractivity contribution in [2.45, 2.75) is 33.3 Å². The van der Waals surface area contributed by atoms with Crippen LogP contribution in [0, 0.1) is 0 Å². The first-order valence-electron chi connectivity index (χ1n) is 9.03. The zero-order chi connectivity index (χ0) is 20.7. The Balaban J connectivity index is 1.96. The van der Waals surface area contributed by atoms with Crippen LogP contribution in [-0.4, -0.2) is 30.1 Å². The van der Waals surface area contributed by atoms with Crippen LogP contribution in [-0.2, 0) is 4.79 Å². The number of nitrogens with zero attached hydrogens (tertiary/aromatic N) is 1. The van der Waals surface area contributed by atoms with E-state index in [9.17, 15) is 9.59 Å². The SMILES string of the molecule is CCC(C)Oc1cccc(C(=O)NC(=S)Nc2ccc(N(C)C(C)=O)cc2)c1. The number of rotatable bonds is 6. The number of amides is 2. The summed E-state index contributed by atoms with van der Waals surface area (Å²) in [5.41, 5.74) is 1.94. The molecule has 0 radical (unpaired) electrons. The Morgan fingerprint density at radius 1 is 1.18 bits per heavy atom. The molecule has 2 N–H and O–H groups in total. The smallest absolute Gasteiger partial charge is 0.257 e. The van der Waals surface area contributed by atoms with E-state index in [0.717, 1.165) is 12.1 Å². The van der Waals surface area contributed by atoms with Crippen LogP contribution >= 0.6 is 12.2 Å². The van der Waals surface area contributed by atoms with Crippen molar-refractivity contribution >= 4 is 40.5 Å². The van der Waals surface area contributed by atoms with Crippen molar-refractivity contribution in [2.75, 3.05) is 17.3 Å². The molecule has 148 valence electrons. The van der Waals surface area contributed by atoms with Crippen molar-refractivity contribution in [3.8, 4) is 5.75 Å². The molecule has 28 heavy (non-hydrogen) atoms. The first-order valence-corrected chi connectivity index (χ1v) is 9.44. The molecule has 2 aromatic carbocycles. The maximum absolute atomic E-state index is 12.4. The van der Waals surface area contributed by atoms with E-state index in [0.29, 0.717) is 17.0 Å². The highest BCUT2D eigenvalue weighted by atomic mass is 32.1. The monoisotopic (exact) mass is 399 g/mol. The second-order valence-corrected chi connectivity index (χ2v) is 6.81. The molecule has 0 aliphatic heterocycles. The van der Waals surface area contributed by atoms with Crippen molar-refractivity contribution < 1.29 is 14.3 Å². The molecule has 2 amide bonds. The lowest BCUT2D eigenvalue weighted by Crippen LogP contribution is -2.34. The van der Waals surface area contributed by atoms with E-state index in [1.54, 1.807) is 54.4 Å². The Labute approximate surface area is 170 Å². The summed E-state index contributed by atoms with van der Waals surface area (Å²) in [7, 11) is 1.70. The Morgan fingerprint density at radius 2 is 1.86 bits per heavy atom. The van der Waals surface area contributed by atoms with Gasteiger partial charge in [-0.2, -0.15) is 0 Å². The quantitative estimate of drug-likeness (QED) is 0.719. The lowest BCUT2D eigenvalue weighted by atomic mass is 10.2. The van der Waals surface area contributed by atoms with Crippen LogP contribution in [0.5, 0.6) is 5.75 Å². The lowest BCUT2D eigenvalue weighted by molar-refractivity contribution is -0.116. The highest BCUT2D eigenvalue weighted by Crippen LogP contribution is 2.18. The van der Waals surface area contributed by atoms with Crippen LogP contribution in [0.25, 0.3) is 0 Å². The molecular weight excluding hydrogens is 374 g/mol. The summed E-state index contributed by atoms with van der Waals surface area (Å²) in [5.74, 6) is 0.272. The third-order valence-electron chi connectivity index (χ3n) is 4.22. The van der Waals surface area contributed by atoms with Crippen molar-refractivity contribution in [1.82, 2.24) is 5.32 Å². The minimum absolute atomic E-state index is 0.0527. The molecule has 0 aliphatic rings. The van der Waals surface area contributed by atoms with Crippen LogP contribution < -0.4 is 20.3 Å². The van der Waals surface area contributed by atoms with E-state index < -0.39 is 0 Å². The van der Waals surface area contributed by atoms with Gasteiger partial charge in [0.15, 0.2) is 5.11 Å². The zero-order valence-corrected chi connectivity index (χ0v) is 17.3. The molecule has 0 saturated carbocycles. The van der Waals surface area contributed by atoms with Crippen LogP contribution in [0.1, 0.15) is 37.6 Å². The molecule has 0 bridgehead atoms. The summed E-state index contributed by atoms with van der Waals surface area (Å²) < 4.78 is 5.75. The van der Waals surface area contributed by atoms with Crippen LogP contribution in [0.4, 0.5) is 11.4 Å². The van der Waals surface area contributed by atoms with Crippen LogP contribution in [0.2, 0.25) is 0 Å². The Morgan fingerprint density at radius 3 is 2.46 bits per heavy atom. The van der Waals surface area contributed by atoms with Gasteiger partial charge < -0.3 is 15.0 Å². The molecule has 1 unspecified atom stereocenters. The maximum atomic E-state index is 12.4. The number of carbonyl (C=O) groups excluding carboxylic acids is 2. The Hall–Kier alpha value is -2.93. The van der Waals surface area contributed by atoms with Crippen molar-refractivity contribution in [3.63, 3.8) is 0 Å². The number of hydrogen-bond donors (Lipinski definition) is 2. The predicted molar refractivity (Wildman–Crippen MR) is 116 cm³/mol. The molecule has 6 nitrogen and oxygen atoms in total. The molecule has 0 aliphatic carbocycles. The van der Waals surface area contributed by atoms with Gasteiger partial charge in [0.25, 0.3) is 5.91 Å². The number of anilines is 2. The number of hydrogen-bond acceptors (Lipinski definition) is 4. The third kappa shape index (κ3) is 6.06. The minimum atomic E-state index is -0.319. The first-order chi connectivity index (χ1) is 13.3. The molecule has 0 saturated heterocycles. The van der Waals surface area contributed by atoms with Gasteiger partial charge in [-0.1, -0.05) is 13.0 Å². The van der Waals surface area contributed by atoms with E-state index >= 15 is 0 Å². The van der Waals surface area contributed by atoms with Gasteiger partial charge in [-0.3, -0.25) is 14.9 Å². The molecule has 0 spiro atoms. The average Bonchev–Trinajstić information content (AvgIpc) is 2.67. The fourth-order valence-electron chi connectivity index (χ4n) is 2.31. The standard InChI is InChI=1S/C21H25N3O3S/c1-5-14(2)27-19-8-6-7-16(13-19)20(26)23-21(28)22-17-9-11-18(12-10-17)24(4)15(3)25/h6-14H,5H2,1-4H3,(H2,22,23,26,28). The summed E-state index contributed by atoms with van der Waals surface area (Å²) >= 11 is 5.22. The summed E-state index contributed by atoms with van der Waals surface area (Å²) in [6.07, 6.45) is 0.955. The summed E-state index contributed by atoms with van der Waals surface area (Å²) in [6.45, 7) is 5.51. The van der Waals surface area contributed by atoms with Gasteiger partial charge in [0, 0.05) is 30.9 Å². The number of nitrogens with one attached hydrogen (secondary N) is 2. The van der Waals surface area contributed by atoms with Gasteiger partial charge in [0.1, 0.15) is 5.75 Å². The topological polar surface area (TPSA) is 70.7 Å². The fourth-order valence-corrected chi connectivity index (χ4v) is 2.52. The highest BCUT2D eigenvalue weighted by Gasteiger charge is 2.11. The number of ether oxygens (including phenoxy) is 1. The Bertz CT molecular complexity index is 852. The maximum Gasteiger partial charge on any atom is 0.257 e. The number of thiocarbonyl (C=S) groups is 1. The molecule has 2 rings (SSSR count). The van der Waals surface area contributed by atoms with Crippen molar-refractivity contribution in [2.24, 2.45) is 0 Å². The molecule has 2 aromatic rings. The van der Waals surface area contributed by atoms with E-state index in [1.165, 1.54) is 6.92 Å². The fraction of sp³-hybridized carbons (Fsp3) is 0.286. The molecule has 7 heteroatoms. The zero-order valence-electron chi connectivity index (χ0n) is 16.5. The van der Waals surface area contributed by atoms with E-state index in [1.807, 2.05) is 19.9 Å². The van der Waals surface area contributed by atoms with Crippen LogP contribution in [0.3, 0.4) is 0 Å². The largest absolute Gasteiger partial charge is 0.491 e. The van der Waals surface area contributed by atoms with E-state index in [4.69, 9.17) is 17.0 Å². The average molecular weight is 400 g/mol. The normalized spacial score (nSPS) is 11.3. The molecule has 0 heterocycles. The minimum Gasteiger partial charge on any atom is -0.491 e. The lowest BCUT2D eigenvalue weighted by Gasteiger charge is -2.16. The predicted octanol–water partition coefficient (Wildman–Crippen LogP) is 3.97. The summed E-state index contributed by atoms with van der Waals surface area (Å²) in [6, 6.07) is 14.1. The van der Waals surface area contributed by atoms with Gasteiger partial charge in [-0.05, 0) is 68.0 Å². The highest BCUT2D eigenvalue weighted by molar-refractivity contribution is 7.80. The van der Waals surface area contributed by atoms with Crippen molar-refractivity contribution in [3.05, 3.63) is 54.1 Å². The molecule has 0 aromatic heterocycles. The van der Waals surface area contributed by atoms with Crippen LogP contribution in [0.15, 0.2) is 48.5 Å². The van der Waals surface area contributed by atoms with Crippen molar-refractivity contribution in [1.29, 1.82) is 0 Å². The van der Waals surface area contributed by atoms with Gasteiger partial charge in [-0.15, -0.1) is 0 Å². The summed E-state index contributed by atoms with van der Waals surface area (Å²) in [4.78, 5) is 25.4. The van der Waals surface area contributed by atoms with Gasteiger partial charge in [-0.25, -0.2) is 0 Å². The van der Waals surface area contributed by atoms with Gasteiger partial charge in [0.05, 0.1) is 6.10 Å². The number of carbonyl (C=O) groups is 2. The third-order valence-corrected chi connectivity index (χ3v) is 4.42. The molecular formula is C21H25N3O3S. The molecule has 0 fully saturated rings. The second-order valence-electron chi connectivity index (χ2n) is 6.40.